The Morgan fingerprint density at radius 3 is 2.67 bits per heavy atom. The minimum absolute atomic E-state index is 0.150. The van der Waals surface area contributed by atoms with Gasteiger partial charge in [-0.2, -0.15) is 0 Å². The summed E-state index contributed by atoms with van der Waals surface area (Å²) in [7, 11) is 3.86. The molecule has 1 aromatic carbocycles. The highest BCUT2D eigenvalue weighted by Gasteiger charge is 2.13. The quantitative estimate of drug-likeness (QED) is 0.886. The Morgan fingerprint density at radius 2 is 1.95 bits per heavy atom. The second kappa shape index (κ2) is 6.74. The van der Waals surface area contributed by atoms with Crippen LogP contribution < -0.4 is 15.5 Å². The van der Waals surface area contributed by atoms with Crippen molar-refractivity contribution in [3.05, 3.63) is 48.3 Å². The van der Waals surface area contributed by atoms with Crippen molar-refractivity contribution >= 4 is 23.0 Å². The van der Waals surface area contributed by atoms with E-state index in [9.17, 15) is 4.79 Å². The third-order valence-corrected chi connectivity index (χ3v) is 3.07. The lowest BCUT2D eigenvalue weighted by molar-refractivity contribution is 0.102. The molecular formula is C16H20N4O. The van der Waals surface area contributed by atoms with E-state index >= 15 is 0 Å². The van der Waals surface area contributed by atoms with Gasteiger partial charge in [0.15, 0.2) is 0 Å². The first-order valence-corrected chi connectivity index (χ1v) is 6.89. The number of nitrogens with zero attached hydrogens (tertiary/aromatic N) is 2. The Kier molecular flexibility index (Phi) is 4.77. The zero-order valence-electron chi connectivity index (χ0n) is 12.6. The average molecular weight is 284 g/mol. The van der Waals surface area contributed by atoms with Crippen LogP contribution in [-0.4, -0.2) is 31.5 Å². The summed E-state index contributed by atoms with van der Waals surface area (Å²) < 4.78 is 0. The van der Waals surface area contributed by atoms with Crippen molar-refractivity contribution in [3.8, 4) is 0 Å². The van der Waals surface area contributed by atoms with Crippen LogP contribution in [0.2, 0.25) is 0 Å². The number of aromatic nitrogens is 1. The molecule has 0 saturated heterocycles. The van der Waals surface area contributed by atoms with Crippen LogP contribution in [0.4, 0.5) is 17.1 Å². The minimum atomic E-state index is -0.150. The smallest absolute Gasteiger partial charge is 0.257 e. The Labute approximate surface area is 125 Å². The number of carbonyl (C=O) groups excluding carboxylic acids is 1. The zero-order valence-corrected chi connectivity index (χ0v) is 12.6. The summed E-state index contributed by atoms with van der Waals surface area (Å²) in [6, 6.07) is 9.33. The molecule has 1 aromatic heterocycles. The normalized spacial score (nSPS) is 10.0. The van der Waals surface area contributed by atoms with Gasteiger partial charge in [-0.15, -0.1) is 0 Å². The molecule has 0 aliphatic heterocycles. The van der Waals surface area contributed by atoms with Crippen LogP contribution in [0.15, 0.2) is 42.7 Å². The van der Waals surface area contributed by atoms with Crippen LogP contribution in [0.1, 0.15) is 17.3 Å². The summed E-state index contributed by atoms with van der Waals surface area (Å²) in [4.78, 5) is 18.5. The van der Waals surface area contributed by atoms with Gasteiger partial charge in [0.1, 0.15) is 0 Å². The van der Waals surface area contributed by atoms with Crippen LogP contribution in [0, 0.1) is 0 Å². The Hall–Kier alpha value is -2.56. The lowest BCUT2D eigenvalue weighted by atomic mass is 10.1. The molecule has 0 saturated carbocycles. The summed E-state index contributed by atoms with van der Waals surface area (Å²) in [5.41, 5.74) is 3.05. The Morgan fingerprint density at radius 1 is 1.19 bits per heavy atom. The average Bonchev–Trinajstić information content (AvgIpc) is 2.48. The molecule has 21 heavy (non-hydrogen) atoms. The van der Waals surface area contributed by atoms with Gasteiger partial charge in [-0.1, -0.05) is 12.1 Å². The molecule has 2 N–H and O–H groups in total. The molecule has 1 amide bonds. The van der Waals surface area contributed by atoms with E-state index < -0.39 is 0 Å². The van der Waals surface area contributed by atoms with Crippen LogP contribution in [0.5, 0.6) is 0 Å². The Bertz CT molecular complexity index is 625. The molecule has 2 rings (SSSR count). The molecule has 2 aromatic rings. The molecule has 0 aliphatic rings. The van der Waals surface area contributed by atoms with Crippen molar-refractivity contribution in [1.82, 2.24) is 4.98 Å². The maximum Gasteiger partial charge on any atom is 0.257 e. The largest absolute Gasteiger partial charge is 0.385 e. The van der Waals surface area contributed by atoms with Crippen LogP contribution in [0.25, 0.3) is 0 Å². The lowest BCUT2D eigenvalue weighted by Gasteiger charge is -2.18. The molecule has 5 heteroatoms. The molecule has 110 valence electrons. The topological polar surface area (TPSA) is 57.3 Å². The van der Waals surface area contributed by atoms with Crippen LogP contribution >= 0.6 is 0 Å². The first-order chi connectivity index (χ1) is 10.1. The summed E-state index contributed by atoms with van der Waals surface area (Å²) in [6.45, 7) is 2.76. The van der Waals surface area contributed by atoms with Crippen LogP contribution in [0.3, 0.4) is 0 Å². The van der Waals surface area contributed by atoms with Gasteiger partial charge in [-0.25, -0.2) is 0 Å². The van der Waals surface area contributed by atoms with Gasteiger partial charge in [0.25, 0.3) is 5.91 Å². The van der Waals surface area contributed by atoms with Gasteiger partial charge in [-0.05, 0) is 25.1 Å². The first-order valence-electron chi connectivity index (χ1n) is 6.89. The summed E-state index contributed by atoms with van der Waals surface area (Å²) in [5, 5.41) is 6.12. The van der Waals surface area contributed by atoms with E-state index in [4.69, 9.17) is 0 Å². The van der Waals surface area contributed by atoms with E-state index in [2.05, 4.69) is 15.6 Å². The fourth-order valence-corrected chi connectivity index (χ4v) is 2.09. The monoisotopic (exact) mass is 284 g/mol. The predicted molar refractivity (Wildman–Crippen MR) is 87.1 cm³/mol. The highest BCUT2D eigenvalue weighted by atomic mass is 16.1. The third kappa shape index (κ3) is 3.51. The number of pyridine rings is 1. The second-order valence-electron chi connectivity index (χ2n) is 4.82. The number of para-hydroxylation sites is 1. The van der Waals surface area contributed by atoms with Gasteiger partial charge < -0.3 is 15.5 Å². The van der Waals surface area contributed by atoms with E-state index in [1.54, 1.807) is 18.5 Å². The number of rotatable bonds is 5. The molecule has 0 fully saturated rings. The van der Waals surface area contributed by atoms with Crippen LogP contribution in [-0.2, 0) is 0 Å². The predicted octanol–water partition coefficient (Wildman–Crippen LogP) is 2.83. The number of anilines is 3. The van der Waals surface area contributed by atoms with Crippen molar-refractivity contribution in [1.29, 1.82) is 0 Å². The van der Waals surface area contributed by atoms with Gasteiger partial charge >= 0.3 is 0 Å². The molecule has 0 atom stereocenters. The van der Waals surface area contributed by atoms with Crippen molar-refractivity contribution in [3.63, 3.8) is 0 Å². The van der Waals surface area contributed by atoms with Gasteiger partial charge in [0.05, 0.1) is 23.1 Å². The fraction of sp³-hybridized carbons (Fsp3) is 0.250. The third-order valence-electron chi connectivity index (χ3n) is 3.07. The zero-order chi connectivity index (χ0) is 15.2. The number of benzene rings is 1. The highest BCUT2D eigenvalue weighted by molar-refractivity contribution is 6.09. The van der Waals surface area contributed by atoms with Gasteiger partial charge in [-0.3, -0.25) is 9.78 Å². The molecule has 5 nitrogen and oxygen atoms in total. The summed E-state index contributed by atoms with van der Waals surface area (Å²) in [6.07, 6.45) is 3.36. The van der Waals surface area contributed by atoms with Crippen molar-refractivity contribution in [2.45, 2.75) is 6.92 Å². The van der Waals surface area contributed by atoms with E-state index in [-0.39, 0.29) is 5.91 Å². The van der Waals surface area contributed by atoms with Crippen molar-refractivity contribution in [2.24, 2.45) is 0 Å². The number of amides is 1. The van der Waals surface area contributed by atoms with E-state index in [0.717, 1.165) is 17.9 Å². The SMILES string of the molecule is CCNc1ccccc1C(=O)Nc1cnccc1N(C)C. The minimum Gasteiger partial charge on any atom is -0.385 e. The Balaban J connectivity index is 2.27. The lowest BCUT2D eigenvalue weighted by Crippen LogP contribution is -2.18. The molecule has 0 radical (unpaired) electrons. The molecule has 0 unspecified atom stereocenters. The van der Waals surface area contributed by atoms with Gasteiger partial charge in [0, 0.05) is 32.5 Å². The van der Waals surface area contributed by atoms with Crippen molar-refractivity contribution < 1.29 is 4.79 Å². The number of carbonyl (C=O) groups is 1. The molecule has 0 aliphatic carbocycles. The molecular weight excluding hydrogens is 264 g/mol. The summed E-state index contributed by atoms with van der Waals surface area (Å²) in [5.74, 6) is -0.150. The van der Waals surface area contributed by atoms with Gasteiger partial charge in [0.2, 0.25) is 0 Å². The number of hydrogen-bond acceptors (Lipinski definition) is 4. The number of hydrogen-bond donors (Lipinski definition) is 2. The standard InChI is InChI=1S/C16H20N4O/c1-4-18-13-8-6-5-7-12(13)16(21)19-14-11-17-10-9-15(14)20(2)3/h5-11,18H,4H2,1-3H3,(H,19,21). The van der Waals surface area contributed by atoms with E-state index in [0.29, 0.717) is 11.3 Å². The molecule has 1 heterocycles. The second-order valence-corrected chi connectivity index (χ2v) is 4.82. The maximum atomic E-state index is 12.5. The highest BCUT2D eigenvalue weighted by Crippen LogP contribution is 2.24. The van der Waals surface area contributed by atoms with E-state index in [1.807, 2.05) is 50.2 Å². The summed E-state index contributed by atoms with van der Waals surface area (Å²) >= 11 is 0. The molecule has 0 spiro atoms. The first kappa shape index (κ1) is 14.8. The number of nitrogens with one attached hydrogen (secondary N) is 2. The van der Waals surface area contributed by atoms with E-state index in [1.165, 1.54) is 0 Å². The maximum absolute atomic E-state index is 12.5. The van der Waals surface area contributed by atoms with Crippen molar-refractivity contribution in [2.75, 3.05) is 36.2 Å². The fourth-order valence-electron chi connectivity index (χ4n) is 2.09. The molecule has 0 bridgehead atoms.